The Bertz CT molecular complexity index is 1950. The summed E-state index contributed by atoms with van der Waals surface area (Å²) in [6, 6.07) is 7.96. The van der Waals surface area contributed by atoms with E-state index >= 15 is 0 Å². The van der Waals surface area contributed by atoms with Crippen LogP contribution in [0.4, 0.5) is 0 Å². The van der Waals surface area contributed by atoms with E-state index < -0.39 is 16.6 Å². The van der Waals surface area contributed by atoms with E-state index in [1.807, 2.05) is 104 Å². The molecule has 2 atom stereocenters. The molecule has 5 aliphatic rings. The number of hydrogen-bond acceptors (Lipinski definition) is 7. The van der Waals surface area contributed by atoms with E-state index in [1.54, 1.807) is 12.4 Å². The topological polar surface area (TPSA) is 110 Å². The molecule has 0 aliphatic carbocycles. The van der Waals surface area contributed by atoms with Gasteiger partial charge in [-0.15, -0.1) is 0 Å². The summed E-state index contributed by atoms with van der Waals surface area (Å²) in [5.41, 5.74) is 2.34. The summed E-state index contributed by atoms with van der Waals surface area (Å²) < 4.78 is 7.46. The van der Waals surface area contributed by atoms with Crippen LogP contribution >= 0.6 is 0 Å². The van der Waals surface area contributed by atoms with E-state index in [4.69, 9.17) is 19.8 Å². The minimum atomic E-state index is -0.993. The predicted molar refractivity (Wildman–Crippen MR) is 161 cm³/mol. The van der Waals surface area contributed by atoms with Crippen molar-refractivity contribution in [3.8, 4) is 11.1 Å². The largest absolute Gasteiger partial charge is 0.380 e. The van der Waals surface area contributed by atoms with Crippen molar-refractivity contribution in [1.82, 2.24) is 25.1 Å². The number of H-pyrrole nitrogens is 1. The zero-order valence-electron chi connectivity index (χ0n) is 23.3. The molecule has 9 heteroatoms. The van der Waals surface area contributed by atoms with Crippen LogP contribution in [0, 0.1) is 11.3 Å². The van der Waals surface area contributed by atoms with Gasteiger partial charge in [-0.1, -0.05) is 0 Å². The van der Waals surface area contributed by atoms with E-state index in [0.29, 0.717) is 13.2 Å². The first-order valence-corrected chi connectivity index (χ1v) is 14.1. The summed E-state index contributed by atoms with van der Waals surface area (Å²) in [5.74, 6) is 0.0708. The molecule has 0 saturated carbocycles. The van der Waals surface area contributed by atoms with Crippen LogP contribution in [0.5, 0.6) is 0 Å². The highest BCUT2D eigenvalue weighted by molar-refractivity contribution is 6.20. The van der Waals surface area contributed by atoms with Crippen LogP contribution in [0.15, 0.2) is 107 Å². The lowest BCUT2D eigenvalue weighted by molar-refractivity contribution is -0.136. The number of hydrogen-bond donors (Lipinski definition) is 2. The van der Waals surface area contributed by atoms with Crippen LogP contribution in [0.3, 0.4) is 0 Å². The Kier molecular flexibility index (Phi) is 5.21. The maximum absolute atomic E-state index is 14.4. The lowest BCUT2D eigenvalue weighted by atomic mass is 9.73. The Morgan fingerprint density at radius 2 is 1.74 bits per heavy atom. The normalized spacial score (nSPS) is 27.3. The standard InChI is InChI=1S/C33H29N7O2/c1-31(2)29-16-32(40-18-22(17-35-40)21-8-11-34-12-9-21)10-7-27(38-32)14-26-4-3-24(36-26)13-25-5-6-28(37-25)15-33(39-29,30(31)41)23-19-42-20-23/h3-18,23,36,39H,19-20H2,1-2H3. The molecule has 0 aromatic carbocycles. The van der Waals surface area contributed by atoms with Gasteiger partial charge in [-0.05, 0) is 92.3 Å². The van der Waals surface area contributed by atoms with Crippen LogP contribution < -0.4 is 16.0 Å². The fraction of sp³-hybridized carbons (Fsp3) is 0.242. The molecule has 8 rings (SSSR count). The maximum Gasteiger partial charge on any atom is 0.192 e. The second-order valence-electron chi connectivity index (χ2n) is 11.9. The molecule has 42 heavy (non-hydrogen) atoms. The molecular weight excluding hydrogens is 526 g/mol. The average Bonchev–Trinajstić information content (AvgIpc) is 3.77. The summed E-state index contributed by atoms with van der Waals surface area (Å²) in [7, 11) is 0. The molecular formula is C33H29N7O2. The first-order chi connectivity index (χ1) is 20.3. The van der Waals surface area contributed by atoms with Crippen LogP contribution in [-0.2, 0) is 15.2 Å². The van der Waals surface area contributed by atoms with Crippen molar-refractivity contribution < 1.29 is 9.53 Å². The third-order valence-corrected chi connectivity index (χ3v) is 8.76. The number of aromatic nitrogens is 4. The fourth-order valence-electron chi connectivity index (χ4n) is 6.27. The van der Waals surface area contributed by atoms with Gasteiger partial charge in [0.1, 0.15) is 5.54 Å². The van der Waals surface area contributed by atoms with Crippen molar-refractivity contribution in [3.63, 3.8) is 0 Å². The molecule has 2 fully saturated rings. The number of nitrogens with one attached hydrogen (secondary N) is 2. The minimum Gasteiger partial charge on any atom is -0.380 e. The number of aromatic amines is 1. The molecule has 8 heterocycles. The number of ether oxygens (including phenoxy) is 1. The number of allylic oxidation sites excluding steroid dienone is 4. The van der Waals surface area contributed by atoms with Gasteiger partial charge in [0.25, 0.3) is 0 Å². The number of fused-ring (bicyclic) bond motifs is 6. The number of ketones is 1. The quantitative estimate of drug-likeness (QED) is 0.517. The number of pyridine rings is 1. The number of aliphatic imine (C=N–C) groups is 2. The van der Waals surface area contributed by atoms with Gasteiger partial charge in [-0.25, -0.2) is 14.7 Å². The molecule has 0 amide bonds. The second-order valence-corrected chi connectivity index (χ2v) is 11.9. The van der Waals surface area contributed by atoms with Gasteiger partial charge in [-0.2, -0.15) is 5.10 Å². The molecule has 9 nitrogen and oxygen atoms in total. The van der Waals surface area contributed by atoms with Crippen molar-refractivity contribution in [2.24, 2.45) is 21.3 Å². The molecule has 8 bridgehead atoms. The van der Waals surface area contributed by atoms with Crippen molar-refractivity contribution >= 4 is 29.4 Å². The highest BCUT2D eigenvalue weighted by Gasteiger charge is 2.59. The van der Waals surface area contributed by atoms with Crippen molar-refractivity contribution in [1.29, 1.82) is 0 Å². The Labute approximate surface area is 242 Å². The van der Waals surface area contributed by atoms with Gasteiger partial charge in [0, 0.05) is 46.5 Å². The molecule has 3 aromatic heterocycles. The summed E-state index contributed by atoms with van der Waals surface area (Å²) in [4.78, 5) is 32.1. The third kappa shape index (κ3) is 3.77. The Morgan fingerprint density at radius 1 is 0.952 bits per heavy atom. The third-order valence-electron chi connectivity index (χ3n) is 8.76. The Balaban J connectivity index is 1.36. The summed E-state index contributed by atoms with van der Waals surface area (Å²) >= 11 is 0. The zero-order chi connectivity index (χ0) is 28.5. The van der Waals surface area contributed by atoms with Crippen LogP contribution in [0.25, 0.3) is 23.3 Å². The smallest absolute Gasteiger partial charge is 0.192 e. The molecule has 0 spiro atoms. The number of carbonyl (C=O) groups excluding carboxylic acids is 1. The number of carbonyl (C=O) groups is 1. The van der Waals surface area contributed by atoms with E-state index in [9.17, 15) is 4.79 Å². The van der Waals surface area contributed by atoms with Crippen molar-refractivity contribution in [2.45, 2.75) is 25.0 Å². The summed E-state index contributed by atoms with van der Waals surface area (Å²) in [6.07, 6.45) is 23.4. The first kappa shape index (κ1) is 24.9. The van der Waals surface area contributed by atoms with Crippen molar-refractivity contribution in [2.75, 3.05) is 13.2 Å². The van der Waals surface area contributed by atoms with E-state index in [0.717, 1.165) is 44.6 Å². The van der Waals surface area contributed by atoms with Gasteiger partial charge in [-0.3, -0.25) is 9.78 Å². The van der Waals surface area contributed by atoms with Crippen LogP contribution in [-0.4, -0.2) is 55.7 Å². The highest BCUT2D eigenvalue weighted by atomic mass is 16.5. The van der Waals surface area contributed by atoms with E-state index in [1.165, 1.54) is 0 Å². The SMILES string of the molecule is CC1(C)C(=O)C2(C3COC3)C=C3C=CC(=N3)C=c3ccc([nH]3)=CC3=NC(n4cc(-c5ccncc5)cn4)(C=C3)C=C1N2. The number of nitrogens with zero attached hydrogens (tertiary/aromatic N) is 5. The Hall–Kier alpha value is -4.89. The molecule has 5 aliphatic heterocycles. The summed E-state index contributed by atoms with van der Waals surface area (Å²) in [5, 5.41) is 10.3. The second kappa shape index (κ2) is 8.80. The lowest BCUT2D eigenvalue weighted by Crippen LogP contribution is -2.58. The molecule has 2 saturated heterocycles. The maximum atomic E-state index is 14.4. The van der Waals surface area contributed by atoms with Crippen molar-refractivity contribution in [3.05, 3.63) is 108 Å². The average molecular weight is 556 g/mol. The zero-order valence-corrected chi connectivity index (χ0v) is 23.3. The lowest BCUT2D eigenvalue weighted by Gasteiger charge is -2.40. The van der Waals surface area contributed by atoms with Gasteiger partial charge < -0.3 is 15.0 Å². The summed E-state index contributed by atoms with van der Waals surface area (Å²) in [6.45, 7) is 4.95. The van der Waals surface area contributed by atoms with E-state index in [-0.39, 0.29) is 11.7 Å². The van der Waals surface area contributed by atoms with Gasteiger partial charge in [0.2, 0.25) is 0 Å². The minimum absolute atomic E-state index is 0.0189. The van der Waals surface area contributed by atoms with Crippen LogP contribution in [0.2, 0.25) is 0 Å². The first-order valence-electron chi connectivity index (χ1n) is 14.1. The van der Waals surface area contributed by atoms with Gasteiger partial charge in [0.15, 0.2) is 11.4 Å². The molecule has 0 radical (unpaired) electrons. The monoisotopic (exact) mass is 555 g/mol. The van der Waals surface area contributed by atoms with Gasteiger partial charge in [0.05, 0.1) is 41.9 Å². The van der Waals surface area contributed by atoms with Crippen LogP contribution in [0.1, 0.15) is 13.8 Å². The molecule has 3 aromatic rings. The molecule has 2 unspecified atom stereocenters. The predicted octanol–water partition coefficient (Wildman–Crippen LogP) is 2.57. The van der Waals surface area contributed by atoms with Gasteiger partial charge >= 0.3 is 0 Å². The number of rotatable bonds is 3. The Morgan fingerprint density at radius 3 is 2.50 bits per heavy atom. The number of Topliss-reactive ketones (excluding diaryl/α,β-unsaturated/α-hetero) is 1. The molecule has 208 valence electrons. The van der Waals surface area contributed by atoms with E-state index in [2.05, 4.69) is 15.3 Å². The highest BCUT2D eigenvalue weighted by Crippen LogP contribution is 2.47. The fourth-order valence-corrected chi connectivity index (χ4v) is 6.27. The molecule has 2 N–H and O–H groups in total.